The number of carbonyl (C=O) groups is 2. The number of nitrogens with one attached hydrogen (secondary N) is 1. The number of benzene rings is 2. The molecule has 28 heavy (non-hydrogen) atoms. The van der Waals surface area contributed by atoms with E-state index in [0.717, 1.165) is 5.75 Å². The van der Waals surface area contributed by atoms with E-state index in [1.54, 1.807) is 37.3 Å². The first kappa shape index (κ1) is 19.5. The zero-order chi connectivity index (χ0) is 20.1. The molecule has 2 aromatic carbocycles. The van der Waals surface area contributed by atoms with Gasteiger partial charge in [0.2, 0.25) is 0 Å². The van der Waals surface area contributed by atoms with Crippen LogP contribution in [0.5, 0.6) is 17.2 Å². The van der Waals surface area contributed by atoms with Crippen LogP contribution in [0.2, 0.25) is 0 Å². The summed E-state index contributed by atoms with van der Waals surface area (Å²) in [4.78, 5) is 25.5. The zero-order valence-electron chi connectivity index (χ0n) is 16.0. The van der Waals surface area contributed by atoms with Crippen LogP contribution in [0.25, 0.3) is 0 Å². The summed E-state index contributed by atoms with van der Waals surface area (Å²) in [6, 6.07) is 14.0. The quantitative estimate of drug-likeness (QED) is 0.779. The van der Waals surface area contributed by atoms with Crippen LogP contribution in [-0.4, -0.2) is 41.7 Å². The van der Waals surface area contributed by atoms with Crippen LogP contribution >= 0.6 is 0 Å². The average Bonchev–Trinajstić information content (AvgIpc) is 3.09. The van der Waals surface area contributed by atoms with E-state index >= 15 is 0 Å². The Morgan fingerprint density at radius 2 is 1.82 bits per heavy atom. The molecule has 148 valence electrons. The third kappa shape index (κ3) is 4.36. The Hall–Kier alpha value is -3.22. The van der Waals surface area contributed by atoms with E-state index in [9.17, 15) is 14.7 Å². The summed E-state index contributed by atoms with van der Waals surface area (Å²) in [5.74, 6) is 0.985. The lowest BCUT2D eigenvalue weighted by Gasteiger charge is -2.21. The highest BCUT2D eigenvalue weighted by atomic mass is 16.5. The average molecular weight is 384 g/mol. The van der Waals surface area contributed by atoms with Gasteiger partial charge >= 0.3 is 12.0 Å². The maximum absolute atomic E-state index is 12.6. The largest absolute Gasteiger partial charge is 0.494 e. The number of ether oxygens (including phenoxy) is 2. The Morgan fingerprint density at radius 3 is 2.46 bits per heavy atom. The third-order valence-corrected chi connectivity index (χ3v) is 4.77. The summed E-state index contributed by atoms with van der Waals surface area (Å²) in [5.41, 5.74) is -0.388. The molecule has 2 N–H and O–H groups in total. The Balaban J connectivity index is 1.68. The highest BCUT2D eigenvalue weighted by Gasteiger charge is 2.42. The maximum atomic E-state index is 12.6. The number of anilines is 1. The number of carboxylic acid groups (broad SMARTS) is 1. The van der Waals surface area contributed by atoms with Crippen molar-refractivity contribution >= 4 is 17.7 Å². The normalized spacial score (nSPS) is 18.6. The monoisotopic (exact) mass is 384 g/mol. The Labute approximate surface area is 163 Å². The predicted molar refractivity (Wildman–Crippen MR) is 105 cm³/mol. The van der Waals surface area contributed by atoms with E-state index in [1.165, 1.54) is 4.90 Å². The van der Waals surface area contributed by atoms with Crippen LogP contribution < -0.4 is 14.8 Å². The molecule has 0 spiro atoms. The number of carboxylic acids is 1. The van der Waals surface area contributed by atoms with E-state index in [4.69, 9.17) is 9.47 Å². The standard InChI is InChI=1S/C21H24N2O5/c1-3-27-15-8-10-16(11-9-15)28-18-7-5-4-6-17(18)22-20(26)23-13-12-21(2,14-23)19(24)25/h4-11H,3,12-14H2,1-2H3,(H,22,26)(H,24,25). The second-order valence-corrected chi connectivity index (χ2v) is 6.97. The van der Waals surface area contributed by atoms with E-state index in [1.807, 2.05) is 25.1 Å². The number of nitrogens with zero attached hydrogens (tertiary/aromatic N) is 1. The third-order valence-electron chi connectivity index (χ3n) is 4.77. The molecule has 7 nitrogen and oxygen atoms in total. The van der Waals surface area contributed by atoms with Crippen LogP contribution in [0.1, 0.15) is 20.3 Å². The minimum atomic E-state index is -0.907. The first-order chi connectivity index (χ1) is 13.4. The highest BCUT2D eigenvalue weighted by Crippen LogP contribution is 2.33. The van der Waals surface area contributed by atoms with Gasteiger partial charge in [-0.2, -0.15) is 0 Å². The fraction of sp³-hybridized carbons (Fsp3) is 0.333. The molecule has 0 saturated carbocycles. The van der Waals surface area contributed by atoms with Gasteiger partial charge in [-0.25, -0.2) is 4.79 Å². The molecule has 1 unspecified atom stereocenters. The molecule has 2 aromatic rings. The SMILES string of the molecule is CCOc1ccc(Oc2ccccc2NC(=O)N2CCC(C)(C(=O)O)C2)cc1. The van der Waals surface area contributed by atoms with Crippen molar-refractivity contribution in [1.29, 1.82) is 0 Å². The summed E-state index contributed by atoms with van der Waals surface area (Å²) >= 11 is 0. The van der Waals surface area contributed by atoms with Crippen molar-refractivity contribution in [3.05, 3.63) is 48.5 Å². The number of aliphatic carboxylic acids is 1. The molecule has 0 aliphatic carbocycles. The number of carbonyl (C=O) groups excluding carboxylic acids is 1. The summed E-state index contributed by atoms with van der Waals surface area (Å²) in [7, 11) is 0. The van der Waals surface area contributed by atoms with E-state index in [0.29, 0.717) is 36.8 Å². The van der Waals surface area contributed by atoms with Crippen molar-refractivity contribution in [3.8, 4) is 17.2 Å². The minimum Gasteiger partial charge on any atom is -0.494 e. The van der Waals surface area contributed by atoms with Gasteiger partial charge in [-0.1, -0.05) is 12.1 Å². The van der Waals surface area contributed by atoms with Gasteiger partial charge < -0.3 is 24.8 Å². The van der Waals surface area contributed by atoms with Crippen LogP contribution in [0.4, 0.5) is 10.5 Å². The lowest BCUT2D eigenvalue weighted by atomic mass is 9.90. The van der Waals surface area contributed by atoms with Crippen molar-refractivity contribution in [2.75, 3.05) is 25.0 Å². The van der Waals surface area contributed by atoms with Crippen molar-refractivity contribution in [2.45, 2.75) is 20.3 Å². The fourth-order valence-electron chi connectivity index (χ4n) is 3.06. The molecule has 1 saturated heterocycles. The minimum absolute atomic E-state index is 0.177. The Bertz CT molecular complexity index is 852. The number of likely N-dealkylation sites (tertiary alicyclic amines) is 1. The molecule has 1 atom stereocenters. The molecular weight excluding hydrogens is 360 g/mol. The van der Waals surface area contributed by atoms with Gasteiger partial charge in [-0.3, -0.25) is 4.79 Å². The molecule has 0 bridgehead atoms. The van der Waals surface area contributed by atoms with E-state index in [2.05, 4.69) is 5.32 Å². The summed E-state index contributed by atoms with van der Waals surface area (Å²) in [5, 5.41) is 12.2. The van der Waals surface area contributed by atoms with Gasteiger partial charge in [0.25, 0.3) is 0 Å². The van der Waals surface area contributed by atoms with Crippen LogP contribution in [0.15, 0.2) is 48.5 Å². The van der Waals surface area contributed by atoms with Crippen LogP contribution in [0, 0.1) is 5.41 Å². The topological polar surface area (TPSA) is 88.1 Å². The molecule has 1 aliphatic heterocycles. The van der Waals surface area contributed by atoms with Gasteiger partial charge in [0.15, 0.2) is 5.75 Å². The molecule has 0 aromatic heterocycles. The first-order valence-electron chi connectivity index (χ1n) is 9.20. The number of hydrogen-bond donors (Lipinski definition) is 2. The van der Waals surface area contributed by atoms with E-state index in [-0.39, 0.29) is 12.6 Å². The second-order valence-electron chi connectivity index (χ2n) is 6.97. The van der Waals surface area contributed by atoms with Gasteiger partial charge in [0.1, 0.15) is 11.5 Å². The summed E-state index contributed by atoms with van der Waals surface area (Å²) in [6.45, 7) is 4.74. The van der Waals surface area contributed by atoms with Gasteiger partial charge in [-0.15, -0.1) is 0 Å². The number of urea groups is 1. The number of para-hydroxylation sites is 2. The summed E-state index contributed by atoms with van der Waals surface area (Å²) in [6.07, 6.45) is 0.431. The van der Waals surface area contributed by atoms with Gasteiger partial charge in [-0.05, 0) is 56.7 Å². The Morgan fingerprint density at radius 1 is 1.14 bits per heavy atom. The number of hydrogen-bond acceptors (Lipinski definition) is 4. The van der Waals surface area contributed by atoms with Gasteiger partial charge in [0, 0.05) is 13.1 Å². The van der Waals surface area contributed by atoms with Crippen molar-refractivity contribution in [1.82, 2.24) is 4.90 Å². The number of amides is 2. The molecule has 7 heteroatoms. The molecule has 2 amide bonds. The maximum Gasteiger partial charge on any atom is 0.321 e. The van der Waals surface area contributed by atoms with E-state index < -0.39 is 11.4 Å². The fourth-order valence-corrected chi connectivity index (χ4v) is 3.06. The molecule has 3 rings (SSSR count). The second kappa shape index (κ2) is 8.21. The van der Waals surface area contributed by atoms with Crippen LogP contribution in [-0.2, 0) is 4.79 Å². The van der Waals surface area contributed by atoms with Gasteiger partial charge in [0.05, 0.1) is 17.7 Å². The molecular formula is C21H24N2O5. The van der Waals surface area contributed by atoms with Crippen molar-refractivity contribution in [2.24, 2.45) is 5.41 Å². The molecule has 1 aliphatic rings. The van der Waals surface area contributed by atoms with Crippen molar-refractivity contribution < 1.29 is 24.2 Å². The van der Waals surface area contributed by atoms with Crippen molar-refractivity contribution in [3.63, 3.8) is 0 Å². The first-order valence-corrected chi connectivity index (χ1v) is 9.20. The molecule has 1 fully saturated rings. The smallest absolute Gasteiger partial charge is 0.321 e. The molecule has 0 radical (unpaired) electrons. The summed E-state index contributed by atoms with van der Waals surface area (Å²) < 4.78 is 11.3. The lowest BCUT2D eigenvalue weighted by Crippen LogP contribution is -2.37. The predicted octanol–water partition coefficient (Wildman–Crippen LogP) is 4.21. The Kier molecular flexibility index (Phi) is 5.73. The lowest BCUT2D eigenvalue weighted by molar-refractivity contribution is -0.146. The van der Waals surface area contributed by atoms with Crippen LogP contribution in [0.3, 0.4) is 0 Å². The highest BCUT2D eigenvalue weighted by molar-refractivity contribution is 5.92. The number of rotatable bonds is 6. The molecule has 1 heterocycles. The zero-order valence-corrected chi connectivity index (χ0v) is 16.0.